The summed E-state index contributed by atoms with van der Waals surface area (Å²) in [5, 5.41) is 16.5. The molecule has 0 aromatic heterocycles. The van der Waals surface area contributed by atoms with E-state index >= 15 is 0 Å². The van der Waals surface area contributed by atoms with Crippen molar-refractivity contribution in [2.45, 2.75) is 43.6 Å². The van der Waals surface area contributed by atoms with Crippen LogP contribution in [0.15, 0.2) is 42.5 Å². The molecule has 0 spiro atoms. The number of likely N-dealkylation sites (tertiary alicyclic amines) is 1. The zero-order chi connectivity index (χ0) is 31.3. The number of nitrogens with one attached hydrogen (secondary N) is 2. The molecule has 43 heavy (non-hydrogen) atoms. The van der Waals surface area contributed by atoms with Gasteiger partial charge in [-0.1, -0.05) is 12.1 Å². The molecule has 0 unspecified atom stereocenters. The van der Waals surface area contributed by atoms with E-state index in [1.54, 1.807) is 44.4 Å². The smallest absolute Gasteiger partial charge is 0.338 e. The summed E-state index contributed by atoms with van der Waals surface area (Å²) < 4.78 is 5.56. The van der Waals surface area contributed by atoms with Crippen molar-refractivity contribution >= 4 is 47.0 Å². The normalized spacial score (nSPS) is 20.9. The van der Waals surface area contributed by atoms with Gasteiger partial charge in [0.25, 0.3) is 5.69 Å². The van der Waals surface area contributed by atoms with Gasteiger partial charge in [-0.15, -0.1) is 0 Å². The van der Waals surface area contributed by atoms with Gasteiger partial charge in [-0.05, 0) is 47.7 Å². The number of cyclic esters (lactones) is 1. The average molecular weight is 612 g/mol. The van der Waals surface area contributed by atoms with Gasteiger partial charge in [0.1, 0.15) is 24.7 Å². The van der Waals surface area contributed by atoms with Crippen LogP contribution in [-0.2, 0) is 29.7 Å². The SMILES string of the molecule is CC(=O)N1CCC[C@H]1C(=O)N[C@@H]1COC(=O)c2cccc(-c3ccc([N+](=O)[O-])cc3)c2CSC[C@H](C(=O)N(C)C)NC1=O. The molecule has 14 heteroatoms. The maximum atomic E-state index is 13.4. The van der Waals surface area contributed by atoms with E-state index in [0.717, 1.165) is 0 Å². The lowest BCUT2D eigenvalue weighted by atomic mass is 9.96. The molecule has 0 saturated carbocycles. The van der Waals surface area contributed by atoms with Crippen LogP contribution >= 0.6 is 11.8 Å². The summed E-state index contributed by atoms with van der Waals surface area (Å²) in [5.74, 6) is -2.17. The fraction of sp³-hybridized carbons (Fsp3) is 0.414. The number of thioether (sulfide) groups is 1. The Bertz CT molecular complexity index is 1430. The van der Waals surface area contributed by atoms with E-state index in [1.807, 2.05) is 0 Å². The fourth-order valence-corrected chi connectivity index (χ4v) is 6.20. The van der Waals surface area contributed by atoms with E-state index in [9.17, 15) is 34.1 Å². The molecule has 4 rings (SSSR count). The zero-order valence-corrected chi connectivity index (χ0v) is 24.8. The van der Waals surface area contributed by atoms with Gasteiger partial charge in [-0.3, -0.25) is 29.3 Å². The van der Waals surface area contributed by atoms with Gasteiger partial charge in [-0.2, -0.15) is 11.8 Å². The topological polar surface area (TPSA) is 168 Å². The molecule has 4 amide bonds. The number of carbonyl (C=O) groups excluding carboxylic acids is 5. The predicted molar refractivity (Wildman–Crippen MR) is 158 cm³/mol. The van der Waals surface area contributed by atoms with Crippen LogP contribution in [0.4, 0.5) is 5.69 Å². The van der Waals surface area contributed by atoms with Gasteiger partial charge >= 0.3 is 5.97 Å². The Balaban J connectivity index is 1.67. The van der Waals surface area contributed by atoms with E-state index < -0.39 is 47.4 Å². The molecule has 0 radical (unpaired) electrons. The number of ether oxygens (including phenoxy) is 1. The Morgan fingerprint density at radius 1 is 1.12 bits per heavy atom. The number of rotatable bonds is 5. The van der Waals surface area contributed by atoms with E-state index in [0.29, 0.717) is 36.1 Å². The summed E-state index contributed by atoms with van der Waals surface area (Å²) >= 11 is 1.31. The zero-order valence-electron chi connectivity index (χ0n) is 24.0. The molecular weight excluding hydrogens is 578 g/mol. The Hall–Kier alpha value is -4.46. The number of esters is 1. The van der Waals surface area contributed by atoms with Crippen molar-refractivity contribution < 1.29 is 33.6 Å². The van der Waals surface area contributed by atoms with Gasteiger partial charge in [0.05, 0.1) is 10.5 Å². The van der Waals surface area contributed by atoms with Crippen molar-refractivity contribution in [1.82, 2.24) is 20.4 Å². The van der Waals surface area contributed by atoms with Crippen LogP contribution < -0.4 is 10.6 Å². The number of benzene rings is 2. The summed E-state index contributed by atoms with van der Waals surface area (Å²) in [6, 6.07) is 7.94. The second-order valence-corrected chi connectivity index (χ2v) is 11.5. The van der Waals surface area contributed by atoms with E-state index in [4.69, 9.17) is 4.74 Å². The molecule has 2 aliphatic rings. The third-order valence-corrected chi connectivity index (χ3v) is 8.41. The first-order valence-corrected chi connectivity index (χ1v) is 14.8. The Morgan fingerprint density at radius 2 is 1.81 bits per heavy atom. The van der Waals surface area contributed by atoms with Crippen LogP contribution in [0.5, 0.6) is 0 Å². The van der Waals surface area contributed by atoms with E-state index in [-0.39, 0.29) is 34.6 Å². The monoisotopic (exact) mass is 611 g/mol. The molecule has 2 heterocycles. The van der Waals surface area contributed by atoms with Crippen LogP contribution in [0.1, 0.15) is 35.7 Å². The van der Waals surface area contributed by atoms with Crippen molar-refractivity contribution in [3.05, 3.63) is 63.7 Å². The predicted octanol–water partition coefficient (Wildman–Crippen LogP) is 1.73. The average Bonchev–Trinajstić information content (AvgIpc) is 3.48. The third-order valence-electron chi connectivity index (χ3n) is 7.35. The number of hydrogen-bond acceptors (Lipinski definition) is 9. The molecule has 2 aliphatic heterocycles. The Labute approximate surface area is 252 Å². The molecule has 2 N–H and O–H groups in total. The maximum Gasteiger partial charge on any atom is 0.338 e. The number of non-ortho nitro benzene ring substituents is 1. The van der Waals surface area contributed by atoms with Gasteiger partial charge in [-0.25, -0.2) is 4.79 Å². The van der Waals surface area contributed by atoms with Crippen LogP contribution in [0, 0.1) is 10.1 Å². The number of nitro benzene ring substituents is 1. The number of amides is 4. The van der Waals surface area contributed by atoms with Crippen LogP contribution in [0.2, 0.25) is 0 Å². The Morgan fingerprint density at radius 3 is 2.47 bits per heavy atom. The highest BCUT2D eigenvalue weighted by Gasteiger charge is 2.36. The highest BCUT2D eigenvalue weighted by atomic mass is 32.2. The molecule has 0 aliphatic carbocycles. The number of nitro groups is 1. The van der Waals surface area contributed by atoms with Gasteiger partial charge < -0.3 is 25.2 Å². The Kier molecular flexibility index (Phi) is 10.0. The number of hydrogen-bond donors (Lipinski definition) is 2. The molecule has 13 nitrogen and oxygen atoms in total. The minimum absolute atomic E-state index is 0.0738. The molecule has 3 atom stereocenters. The van der Waals surface area contributed by atoms with Gasteiger partial charge in [0, 0.05) is 51.2 Å². The lowest BCUT2D eigenvalue weighted by Crippen LogP contribution is -2.58. The molecule has 228 valence electrons. The van der Waals surface area contributed by atoms with Crippen molar-refractivity contribution in [1.29, 1.82) is 0 Å². The number of carbonyl (C=O) groups is 5. The largest absolute Gasteiger partial charge is 0.459 e. The molecular formula is C29H33N5O8S. The summed E-state index contributed by atoms with van der Waals surface area (Å²) in [7, 11) is 3.13. The summed E-state index contributed by atoms with van der Waals surface area (Å²) in [5.41, 5.74) is 2.05. The van der Waals surface area contributed by atoms with Gasteiger partial charge in [0.15, 0.2) is 0 Å². The first-order chi connectivity index (χ1) is 20.5. The molecule has 1 saturated heterocycles. The standard InChI is InChI=1S/C29H33N5O8S/c1-17(35)33-13-5-8-25(33)27(37)30-23-14-42-29(39)21-7-4-6-20(18-9-11-19(12-10-18)34(40)41)22(21)15-43-16-24(31-26(23)36)28(38)32(2)3/h4,6-7,9-12,23-25H,5,8,13-16H2,1-3H3,(H,30,37)(H,31,36)/t23-,24-,25+/m1/s1. The molecule has 1 fully saturated rings. The van der Waals surface area contributed by atoms with Crippen molar-refractivity contribution in [3.8, 4) is 11.1 Å². The lowest BCUT2D eigenvalue weighted by Gasteiger charge is -2.28. The summed E-state index contributed by atoms with van der Waals surface area (Å²) in [4.78, 5) is 78.4. The summed E-state index contributed by atoms with van der Waals surface area (Å²) in [6.45, 7) is 1.28. The van der Waals surface area contributed by atoms with E-state index in [2.05, 4.69) is 10.6 Å². The number of fused-ring (bicyclic) bond motifs is 1. The van der Waals surface area contributed by atoms with Crippen LogP contribution in [0.25, 0.3) is 11.1 Å². The van der Waals surface area contributed by atoms with Crippen LogP contribution in [-0.4, -0.2) is 95.4 Å². The first-order valence-electron chi connectivity index (χ1n) is 13.7. The lowest BCUT2D eigenvalue weighted by molar-refractivity contribution is -0.384. The fourth-order valence-electron chi connectivity index (χ4n) is 5.11. The highest BCUT2D eigenvalue weighted by Crippen LogP contribution is 2.32. The van der Waals surface area contributed by atoms with Crippen molar-refractivity contribution in [2.24, 2.45) is 0 Å². The van der Waals surface area contributed by atoms with Crippen LogP contribution in [0.3, 0.4) is 0 Å². The molecule has 2 aromatic rings. The molecule has 2 aromatic carbocycles. The number of likely N-dealkylation sites (N-methyl/N-ethyl adjacent to an activating group) is 1. The second kappa shape index (κ2) is 13.7. The third kappa shape index (κ3) is 7.31. The second-order valence-electron chi connectivity index (χ2n) is 10.5. The summed E-state index contributed by atoms with van der Waals surface area (Å²) in [6.07, 6.45) is 1.06. The van der Waals surface area contributed by atoms with Crippen molar-refractivity contribution in [2.75, 3.05) is 33.0 Å². The molecule has 0 bridgehead atoms. The first kappa shape index (κ1) is 31.5. The number of nitrogens with zero attached hydrogens (tertiary/aromatic N) is 3. The minimum Gasteiger partial charge on any atom is -0.459 e. The minimum atomic E-state index is -1.32. The van der Waals surface area contributed by atoms with Gasteiger partial charge in [0.2, 0.25) is 23.6 Å². The van der Waals surface area contributed by atoms with E-state index in [1.165, 1.54) is 40.6 Å². The maximum absolute atomic E-state index is 13.4. The van der Waals surface area contributed by atoms with Crippen molar-refractivity contribution in [3.63, 3.8) is 0 Å². The quantitative estimate of drug-likeness (QED) is 0.291. The highest BCUT2D eigenvalue weighted by molar-refractivity contribution is 7.98.